The number of unbranched alkanes of at least 4 members (excludes halogenated alkanes) is 6. The van der Waals surface area contributed by atoms with Crippen molar-refractivity contribution >= 4 is 5.97 Å². The summed E-state index contributed by atoms with van der Waals surface area (Å²) in [6.07, 6.45) is 13.2. The van der Waals surface area contributed by atoms with Gasteiger partial charge in [-0.3, -0.25) is 4.79 Å². The molecule has 0 radical (unpaired) electrons. The van der Waals surface area contributed by atoms with Crippen LogP contribution in [0.15, 0.2) is 0 Å². The smallest absolute Gasteiger partial charge is 0.305 e. The van der Waals surface area contributed by atoms with Crippen LogP contribution in [-0.4, -0.2) is 12.6 Å². The van der Waals surface area contributed by atoms with Crippen LogP contribution in [0.3, 0.4) is 0 Å². The van der Waals surface area contributed by atoms with E-state index in [0.717, 1.165) is 6.42 Å². The first-order valence-corrected chi connectivity index (χ1v) is 7.48. The van der Waals surface area contributed by atoms with Crippen molar-refractivity contribution in [3.05, 3.63) is 0 Å². The fourth-order valence-corrected chi connectivity index (χ4v) is 2.17. The first-order valence-electron chi connectivity index (χ1n) is 7.48. The van der Waals surface area contributed by atoms with Crippen LogP contribution >= 0.6 is 0 Å². The highest BCUT2D eigenvalue weighted by Crippen LogP contribution is 2.26. The maximum Gasteiger partial charge on any atom is 0.305 e. The highest BCUT2D eigenvalue weighted by molar-refractivity contribution is 5.69. The number of esters is 1. The molecular formula is C15H28O2. The second-order valence-electron chi connectivity index (χ2n) is 5.35. The molecule has 0 N–H and O–H groups in total. The first kappa shape index (κ1) is 14.5. The highest BCUT2D eigenvalue weighted by atomic mass is 16.5. The zero-order valence-electron chi connectivity index (χ0n) is 11.4. The van der Waals surface area contributed by atoms with Crippen LogP contribution in [0.4, 0.5) is 0 Å². The minimum absolute atomic E-state index is 0.0189. The number of hydrogen-bond acceptors (Lipinski definition) is 2. The topological polar surface area (TPSA) is 26.3 Å². The maximum atomic E-state index is 11.4. The normalized spacial score (nSPS) is 15.6. The molecule has 0 heterocycles. The zero-order chi connectivity index (χ0) is 12.3. The van der Waals surface area contributed by atoms with Crippen molar-refractivity contribution in [2.24, 2.45) is 5.92 Å². The number of ether oxygens (including phenoxy) is 1. The fourth-order valence-electron chi connectivity index (χ4n) is 2.17. The number of hydrogen-bond donors (Lipinski definition) is 0. The molecule has 17 heavy (non-hydrogen) atoms. The average Bonchev–Trinajstić information content (AvgIpc) is 2.26. The summed E-state index contributed by atoms with van der Waals surface area (Å²) < 4.78 is 5.25. The van der Waals surface area contributed by atoms with E-state index in [4.69, 9.17) is 4.74 Å². The fraction of sp³-hybridized carbons (Fsp3) is 0.933. The first-order chi connectivity index (χ1) is 8.33. The van der Waals surface area contributed by atoms with Crippen LogP contribution < -0.4 is 0 Å². The van der Waals surface area contributed by atoms with Gasteiger partial charge in [-0.05, 0) is 25.2 Å². The molecule has 0 saturated heterocycles. The van der Waals surface area contributed by atoms with Gasteiger partial charge in [0.2, 0.25) is 0 Å². The Hall–Kier alpha value is -0.530. The van der Waals surface area contributed by atoms with E-state index in [1.165, 1.54) is 57.8 Å². The second-order valence-corrected chi connectivity index (χ2v) is 5.35. The summed E-state index contributed by atoms with van der Waals surface area (Å²) in [7, 11) is 0. The standard InChI is InChI=1S/C15H28O2/c1-2-3-4-5-6-7-8-12-15(16)17-13-14-10-9-11-14/h14H,2-13H2,1H3. The van der Waals surface area contributed by atoms with Gasteiger partial charge < -0.3 is 4.74 Å². The lowest BCUT2D eigenvalue weighted by atomic mass is 9.86. The van der Waals surface area contributed by atoms with Crippen LogP contribution in [0, 0.1) is 5.92 Å². The number of carbonyl (C=O) groups excluding carboxylic acids is 1. The summed E-state index contributed by atoms with van der Waals surface area (Å²) in [6, 6.07) is 0. The van der Waals surface area contributed by atoms with Gasteiger partial charge in [-0.15, -0.1) is 0 Å². The molecule has 0 aromatic heterocycles. The third-order valence-corrected chi connectivity index (χ3v) is 3.69. The van der Waals surface area contributed by atoms with Gasteiger partial charge in [-0.2, -0.15) is 0 Å². The van der Waals surface area contributed by atoms with Gasteiger partial charge in [0.15, 0.2) is 0 Å². The Morgan fingerprint density at radius 3 is 2.29 bits per heavy atom. The molecule has 0 aliphatic heterocycles. The van der Waals surface area contributed by atoms with Crippen molar-refractivity contribution in [3.8, 4) is 0 Å². The Labute approximate surface area is 106 Å². The van der Waals surface area contributed by atoms with Gasteiger partial charge in [-0.25, -0.2) is 0 Å². The summed E-state index contributed by atoms with van der Waals surface area (Å²) in [5.74, 6) is 0.693. The van der Waals surface area contributed by atoms with Gasteiger partial charge in [0.25, 0.3) is 0 Å². The van der Waals surface area contributed by atoms with Crippen molar-refractivity contribution < 1.29 is 9.53 Å². The maximum absolute atomic E-state index is 11.4. The molecule has 1 rings (SSSR count). The molecule has 1 fully saturated rings. The molecule has 0 unspecified atom stereocenters. The van der Waals surface area contributed by atoms with E-state index in [1.54, 1.807) is 0 Å². The molecule has 0 aromatic carbocycles. The summed E-state index contributed by atoms with van der Waals surface area (Å²) in [5, 5.41) is 0. The van der Waals surface area contributed by atoms with E-state index in [2.05, 4.69) is 6.92 Å². The van der Waals surface area contributed by atoms with Gasteiger partial charge in [0.05, 0.1) is 6.61 Å². The molecule has 2 heteroatoms. The van der Waals surface area contributed by atoms with E-state index in [1.807, 2.05) is 0 Å². The van der Waals surface area contributed by atoms with Crippen LogP contribution in [0.2, 0.25) is 0 Å². The third kappa shape index (κ3) is 7.40. The number of carbonyl (C=O) groups is 1. The number of rotatable bonds is 10. The Morgan fingerprint density at radius 1 is 1.06 bits per heavy atom. The summed E-state index contributed by atoms with van der Waals surface area (Å²) in [5.41, 5.74) is 0. The molecule has 2 nitrogen and oxygen atoms in total. The van der Waals surface area contributed by atoms with Crippen molar-refractivity contribution in [2.45, 2.75) is 77.6 Å². The molecular weight excluding hydrogens is 212 g/mol. The van der Waals surface area contributed by atoms with E-state index in [-0.39, 0.29) is 5.97 Å². The minimum Gasteiger partial charge on any atom is -0.465 e. The molecule has 0 bridgehead atoms. The second kappa shape index (κ2) is 9.49. The molecule has 1 aliphatic carbocycles. The summed E-state index contributed by atoms with van der Waals surface area (Å²) in [6.45, 7) is 2.91. The molecule has 1 aliphatic rings. The lowest BCUT2D eigenvalue weighted by Crippen LogP contribution is -2.19. The molecule has 0 amide bonds. The summed E-state index contributed by atoms with van der Waals surface area (Å²) >= 11 is 0. The average molecular weight is 240 g/mol. The monoisotopic (exact) mass is 240 g/mol. The predicted octanol–water partition coefficient (Wildman–Crippen LogP) is 4.47. The molecule has 0 aromatic rings. The Morgan fingerprint density at radius 2 is 1.71 bits per heavy atom. The van der Waals surface area contributed by atoms with E-state index >= 15 is 0 Å². The SMILES string of the molecule is CCCCCCCCCC(=O)OCC1CCC1. The molecule has 100 valence electrons. The van der Waals surface area contributed by atoms with E-state index < -0.39 is 0 Å². The predicted molar refractivity (Wildman–Crippen MR) is 70.9 cm³/mol. The van der Waals surface area contributed by atoms with Gasteiger partial charge in [0, 0.05) is 6.42 Å². The summed E-state index contributed by atoms with van der Waals surface area (Å²) in [4.78, 5) is 11.4. The Balaban J connectivity index is 1.79. The van der Waals surface area contributed by atoms with Gasteiger partial charge in [-0.1, -0.05) is 51.9 Å². The quantitative estimate of drug-likeness (QED) is 0.416. The van der Waals surface area contributed by atoms with Crippen LogP contribution in [0.25, 0.3) is 0 Å². The van der Waals surface area contributed by atoms with Crippen LogP contribution in [0.5, 0.6) is 0 Å². The third-order valence-electron chi connectivity index (χ3n) is 3.69. The highest BCUT2D eigenvalue weighted by Gasteiger charge is 2.18. The zero-order valence-corrected chi connectivity index (χ0v) is 11.4. The van der Waals surface area contributed by atoms with E-state index in [9.17, 15) is 4.79 Å². The molecule has 0 atom stereocenters. The lowest BCUT2D eigenvalue weighted by molar-refractivity contribution is -0.146. The largest absolute Gasteiger partial charge is 0.465 e. The van der Waals surface area contributed by atoms with Crippen molar-refractivity contribution in [1.29, 1.82) is 0 Å². The minimum atomic E-state index is 0.0189. The van der Waals surface area contributed by atoms with Crippen LogP contribution in [0.1, 0.15) is 77.6 Å². The molecule has 0 spiro atoms. The Bertz CT molecular complexity index is 197. The van der Waals surface area contributed by atoms with Crippen LogP contribution in [-0.2, 0) is 9.53 Å². The molecule has 1 saturated carbocycles. The van der Waals surface area contributed by atoms with Crippen molar-refractivity contribution in [1.82, 2.24) is 0 Å². The lowest BCUT2D eigenvalue weighted by Gasteiger charge is -2.24. The van der Waals surface area contributed by atoms with Gasteiger partial charge >= 0.3 is 5.97 Å². The van der Waals surface area contributed by atoms with Crippen molar-refractivity contribution in [3.63, 3.8) is 0 Å². The van der Waals surface area contributed by atoms with E-state index in [0.29, 0.717) is 18.9 Å². The van der Waals surface area contributed by atoms with Gasteiger partial charge in [0.1, 0.15) is 0 Å². The Kier molecular flexibility index (Phi) is 8.12. The van der Waals surface area contributed by atoms with Crippen molar-refractivity contribution in [2.75, 3.05) is 6.61 Å².